The molecule has 7 nitrogen and oxygen atoms in total. The van der Waals surface area contributed by atoms with Crippen LogP contribution in [0.25, 0.3) is 0 Å². The number of aryl methyl sites for hydroxylation is 2. The maximum absolute atomic E-state index is 13.0. The van der Waals surface area contributed by atoms with Gasteiger partial charge in [0.25, 0.3) is 0 Å². The fraction of sp³-hybridized carbons (Fsp3) is 0.273. The van der Waals surface area contributed by atoms with Crippen LogP contribution in [0.2, 0.25) is 0 Å². The number of amides is 1. The average molecular weight is 426 g/mol. The van der Waals surface area contributed by atoms with E-state index in [1.807, 2.05) is 38.1 Å². The highest BCUT2D eigenvalue weighted by atomic mass is 32.2. The summed E-state index contributed by atoms with van der Waals surface area (Å²) in [5.41, 5.74) is 3.95. The molecular weight excluding hydrogens is 402 g/mol. The van der Waals surface area contributed by atoms with E-state index in [-0.39, 0.29) is 23.8 Å². The van der Waals surface area contributed by atoms with Gasteiger partial charge >= 0.3 is 0 Å². The van der Waals surface area contributed by atoms with Gasteiger partial charge in [-0.25, -0.2) is 8.42 Å². The van der Waals surface area contributed by atoms with Crippen LogP contribution in [0.1, 0.15) is 28.1 Å². The molecule has 0 saturated carbocycles. The second-order valence-corrected chi connectivity index (χ2v) is 9.46. The molecule has 0 spiro atoms. The van der Waals surface area contributed by atoms with E-state index >= 15 is 0 Å². The van der Waals surface area contributed by atoms with Crippen LogP contribution in [0.3, 0.4) is 0 Å². The molecule has 0 aliphatic carbocycles. The summed E-state index contributed by atoms with van der Waals surface area (Å²) in [6.45, 7) is 4.34. The van der Waals surface area contributed by atoms with Crippen molar-refractivity contribution in [2.45, 2.75) is 38.1 Å². The van der Waals surface area contributed by atoms with E-state index in [0.29, 0.717) is 35.7 Å². The largest absolute Gasteiger partial charge is 0.361 e. The van der Waals surface area contributed by atoms with Gasteiger partial charge in [-0.05, 0) is 38.1 Å². The lowest BCUT2D eigenvalue weighted by molar-refractivity contribution is -0.115. The summed E-state index contributed by atoms with van der Waals surface area (Å²) >= 11 is 0. The van der Waals surface area contributed by atoms with Crippen molar-refractivity contribution in [2.75, 3.05) is 11.9 Å². The molecule has 1 aliphatic heterocycles. The van der Waals surface area contributed by atoms with Crippen LogP contribution in [0.5, 0.6) is 0 Å². The number of hydrogen-bond acceptors (Lipinski definition) is 5. The summed E-state index contributed by atoms with van der Waals surface area (Å²) in [5, 5.41) is 6.87. The monoisotopic (exact) mass is 425 g/mol. The van der Waals surface area contributed by atoms with Crippen LogP contribution in [-0.2, 0) is 34.2 Å². The van der Waals surface area contributed by atoms with Gasteiger partial charge in [0.05, 0.1) is 17.0 Å². The quantitative estimate of drug-likeness (QED) is 0.678. The number of carbonyl (C=O) groups is 1. The maximum atomic E-state index is 13.0. The van der Waals surface area contributed by atoms with Crippen molar-refractivity contribution < 1.29 is 17.7 Å². The van der Waals surface area contributed by atoms with Crippen molar-refractivity contribution >= 4 is 21.6 Å². The highest BCUT2D eigenvalue weighted by Gasteiger charge is 2.32. The van der Waals surface area contributed by atoms with Crippen molar-refractivity contribution in [1.29, 1.82) is 0 Å². The van der Waals surface area contributed by atoms with Crippen LogP contribution in [0.15, 0.2) is 57.9 Å². The van der Waals surface area contributed by atoms with Crippen molar-refractivity contribution in [3.05, 3.63) is 76.7 Å². The molecule has 2 aromatic carbocycles. The fourth-order valence-electron chi connectivity index (χ4n) is 3.44. The molecule has 2 heterocycles. The molecule has 0 saturated heterocycles. The number of hydrogen-bond donors (Lipinski definition) is 1. The Hall–Kier alpha value is -2.97. The van der Waals surface area contributed by atoms with Crippen LogP contribution in [0.4, 0.5) is 5.69 Å². The predicted octanol–water partition coefficient (Wildman–Crippen LogP) is 3.22. The Bertz CT molecular complexity index is 1170. The summed E-state index contributed by atoms with van der Waals surface area (Å²) in [5.74, 6) is 0.414. The highest BCUT2D eigenvalue weighted by molar-refractivity contribution is 7.89. The van der Waals surface area contributed by atoms with Crippen LogP contribution >= 0.6 is 0 Å². The third-order valence-corrected chi connectivity index (χ3v) is 7.06. The van der Waals surface area contributed by atoms with Crippen molar-refractivity contribution in [2.24, 2.45) is 0 Å². The van der Waals surface area contributed by atoms with Gasteiger partial charge in [0.2, 0.25) is 15.9 Å². The molecule has 1 aromatic heterocycles. The lowest BCUT2D eigenvalue weighted by atomic mass is 10.1. The van der Waals surface area contributed by atoms with Gasteiger partial charge in [-0.3, -0.25) is 4.79 Å². The molecule has 30 heavy (non-hydrogen) atoms. The van der Waals surface area contributed by atoms with E-state index in [2.05, 4.69) is 10.5 Å². The minimum atomic E-state index is -3.63. The van der Waals surface area contributed by atoms with Gasteiger partial charge in [-0.1, -0.05) is 40.5 Å². The van der Waals surface area contributed by atoms with Crippen LogP contribution < -0.4 is 5.32 Å². The normalized spacial score (nSPS) is 14.3. The lowest BCUT2D eigenvalue weighted by Gasteiger charge is -2.25. The van der Waals surface area contributed by atoms with E-state index < -0.39 is 10.0 Å². The molecule has 1 aliphatic rings. The highest BCUT2D eigenvalue weighted by Crippen LogP contribution is 2.27. The van der Waals surface area contributed by atoms with Gasteiger partial charge in [-0.15, -0.1) is 0 Å². The molecule has 0 bridgehead atoms. The SMILES string of the molecule is Cc1ccc(NC(=O)Cc2noc3c2CN(S(=O)(=O)c2ccc(C)cc2)CC3)cc1. The third-order valence-electron chi connectivity index (χ3n) is 5.20. The van der Waals surface area contributed by atoms with Crippen molar-refractivity contribution in [3.8, 4) is 0 Å². The molecule has 156 valence electrons. The fourth-order valence-corrected chi connectivity index (χ4v) is 4.85. The first-order valence-electron chi connectivity index (χ1n) is 9.72. The molecule has 1 amide bonds. The Labute approximate surface area is 175 Å². The Kier molecular flexibility index (Phi) is 5.44. The minimum Gasteiger partial charge on any atom is -0.361 e. The number of rotatable bonds is 5. The summed E-state index contributed by atoms with van der Waals surface area (Å²) < 4.78 is 32.9. The minimum absolute atomic E-state index is 0.0190. The first-order chi connectivity index (χ1) is 14.3. The van der Waals surface area contributed by atoms with Crippen molar-refractivity contribution in [1.82, 2.24) is 9.46 Å². The van der Waals surface area contributed by atoms with E-state index in [4.69, 9.17) is 4.52 Å². The topological polar surface area (TPSA) is 92.5 Å². The van der Waals surface area contributed by atoms with Gasteiger partial charge in [0.1, 0.15) is 5.76 Å². The Morgan fingerprint density at radius 3 is 2.37 bits per heavy atom. The summed E-state index contributed by atoms with van der Waals surface area (Å²) in [4.78, 5) is 12.7. The second kappa shape index (κ2) is 8.04. The summed E-state index contributed by atoms with van der Waals surface area (Å²) in [7, 11) is -3.63. The molecule has 0 unspecified atom stereocenters. The van der Waals surface area contributed by atoms with E-state index in [1.54, 1.807) is 24.3 Å². The molecule has 0 radical (unpaired) electrons. The van der Waals surface area contributed by atoms with Crippen molar-refractivity contribution in [3.63, 3.8) is 0 Å². The van der Waals surface area contributed by atoms with Gasteiger partial charge in [0, 0.05) is 30.8 Å². The molecule has 4 rings (SSSR count). The number of anilines is 1. The molecule has 0 fully saturated rings. The van der Waals surface area contributed by atoms with Gasteiger partial charge in [0.15, 0.2) is 0 Å². The number of carbonyl (C=O) groups excluding carboxylic acids is 1. The average Bonchev–Trinajstić information content (AvgIpc) is 3.12. The number of fused-ring (bicyclic) bond motifs is 1. The maximum Gasteiger partial charge on any atom is 0.243 e. The van der Waals surface area contributed by atoms with E-state index in [1.165, 1.54) is 4.31 Å². The third kappa shape index (κ3) is 4.15. The molecule has 1 N–H and O–H groups in total. The first-order valence-corrected chi connectivity index (χ1v) is 11.2. The number of nitrogens with one attached hydrogen (secondary N) is 1. The molecule has 8 heteroatoms. The molecule has 3 aromatic rings. The predicted molar refractivity (Wildman–Crippen MR) is 112 cm³/mol. The number of benzene rings is 2. The zero-order valence-corrected chi connectivity index (χ0v) is 17.7. The van der Waals surface area contributed by atoms with Crippen LogP contribution in [0, 0.1) is 13.8 Å². The van der Waals surface area contributed by atoms with Crippen LogP contribution in [-0.4, -0.2) is 30.3 Å². The summed E-state index contributed by atoms with van der Waals surface area (Å²) in [6, 6.07) is 14.3. The second-order valence-electron chi connectivity index (χ2n) is 7.52. The van der Waals surface area contributed by atoms with E-state index in [0.717, 1.165) is 11.1 Å². The number of nitrogens with zero attached hydrogens (tertiary/aromatic N) is 2. The Morgan fingerprint density at radius 1 is 1.07 bits per heavy atom. The molecule has 0 atom stereocenters. The van der Waals surface area contributed by atoms with Gasteiger partial charge in [-0.2, -0.15) is 4.31 Å². The molecular formula is C22H23N3O4S. The summed E-state index contributed by atoms with van der Waals surface area (Å²) in [6.07, 6.45) is 0.443. The van der Waals surface area contributed by atoms with Gasteiger partial charge < -0.3 is 9.84 Å². The Balaban J connectivity index is 1.50. The lowest BCUT2D eigenvalue weighted by Crippen LogP contribution is -2.36. The number of aromatic nitrogens is 1. The first kappa shape index (κ1) is 20.3. The smallest absolute Gasteiger partial charge is 0.243 e. The standard InChI is InChI=1S/C22H23N3O4S/c1-15-3-7-17(8-4-15)23-22(26)13-20-19-14-25(12-11-21(19)29-24-20)30(27,28)18-9-5-16(2)6-10-18/h3-10H,11-14H2,1-2H3,(H,23,26). The number of sulfonamides is 1. The Morgan fingerprint density at radius 2 is 1.70 bits per heavy atom. The zero-order valence-electron chi connectivity index (χ0n) is 16.9. The zero-order chi connectivity index (χ0) is 21.3. The van der Waals surface area contributed by atoms with E-state index in [9.17, 15) is 13.2 Å².